The van der Waals surface area contributed by atoms with E-state index >= 15 is 0 Å². The van der Waals surface area contributed by atoms with Crippen LogP contribution in [0, 0.1) is 0 Å². The van der Waals surface area contributed by atoms with Crippen LogP contribution < -0.4 is 5.32 Å². The van der Waals surface area contributed by atoms with Crippen molar-refractivity contribution < 1.29 is 13.2 Å². The first-order valence-corrected chi connectivity index (χ1v) is 6.35. The fourth-order valence-electron chi connectivity index (χ4n) is 2.01. The molecule has 1 nitrogen and oxygen atoms in total. The normalized spacial score (nSPS) is 14.8. The van der Waals surface area contributed by atoms with Crippen molar-refractivity contribution in [2.24, 2.45) is 0 Å². The van der Waals surface area contributed by atoms with Crippen LogP contribution in [-0.2, 0) is 12.1 Å². The van der Waals surface area contributed by atoms with E-state index in [1.807, 2.05) is 18.2 Å². The smallest absolute Gasteiger partial charge is 0.296 e. The molecule has 0 aliphatic rings. The van der Waals surface area contributed by atoms with Gasteiger partial charge in [-0.05, 0) is 18.1 Å². The second kappa shape index (κ2) is 5.67. The largest absolute Gasteiger partial charge is 0.410 e. The summed E-state index contributed by atoms with van der Waals surface area (Å²) in [7, 11) is 0. The highest BCUT2D eigenvalue weighted by Gasteiger charge is 2.51. The van der Waals surface area contributed by atoms with E-state index in [-0.39, 0.29) is 12.1 Å². The third-order valence-electron chi connectivity index (χ3n) is 3.41. The van der Waals surface area contributed by atoms with E-state index in [0.29, 0.717) is 0 Å². The van der Waals surface area contributed by atoms with Gasteiger partial charge >= 0.3 is 6.18 Å². The van der Waals surface area contributed by atoms with Crippen LogP contribution in [0.1, 0.15) is 18.1 Å². The Morgan fingerprint density at radius 2 is 1.35 bits per heavy atom. The Hall–Kier alpha value is -1.81. The fraction of sp³-hybridized carbons (Fsp3) is 0.250. The van der Waals surface area contributed by atoms with Crippen LogP contribution in [0.4, 0.5) is 13.2 Å². The second-order valence-electron chi connectivity index (χ2n) is 4.83. The van der Waals surface area contributed by atoms with E-state index in [1.165, 1.54) is 19.1 Å². The molecule has 0 amide bonds. The molecule has 0 saturated carbocycles. The number of hydrogen-bond donors (Lipinski definition) is 1. The monoisotopic (exact) mass is 279 g/mol. The summed E-state index contributed by atoms with van der Waals surface area (Å²) in [5, 5.41) is 2.64. The molecule has 106 valence electrons. The molecule has 2 rings (SSSR count). The highest BCUT2D eigenvalue weighted by atomic mass is 19.4. The molecule has 0 aliphatic carbocycles. The van der Waals surface area contributed by atoms with Crippen LogP contribution in [0.5, 0.6) is 0 Å². The fourth-order valence-corrected chi connectivity index (χ4v) is 2.01. The van der Waals surface area contributed by atoms with E-state index in [2.05, 4.69) is 5.32 Å². The zero-order valence-electron chi connectivity index (χ0n) is 11.1. The van der Waals surface area contributed by atoms with E-state index in [4.69, 9.17) is 0 Å². The van der Waals surface area contributed by atoms with Crippen molar-refractivity contribution in [3.05, 3.63) is 71.8 Å². The molecule has 4 heteroatoms. The first-order chi connectivity index (χ1) is 9.43. The third kappa shape index (κ3) is 3.02. The summed E-state index contributed by atoms with van der Waals surface area (Å²) in [6.45, 7) is 1.33. The third-order valence-corrected chi connectivity index (χ3v) is 3.41. The van der Waals surface area contributed by atoms with E-state index < -0.39 is 11.7 Å². The Labute approximate surface area is 116 Å². The Morgan fingerprint density at radius 3 is 1.85 bits per heavy atom. The number of hydrogen-bond acceptors (Lipinski definition) is 1. The Balaban J connectivity index is 2.25. The SMILES string of the molecule is CC(NCc1ccccc1)(c1ccccc1)C(F)(F)F. The van der Waals surface area contributed by atoms with Gasteiger partial charge in [0, 0.05) is 6.54 Å². The van der Waals surface area contributed by atoms with Gasteiger partial charge < -0.3 is 0 Å². The predicted molar refractivity (Wildman–Crippen MR) is 73.1 cm³/mol. The van der Waals surface area contributed by atoms with Gasteiger partial charge in [0.1, 0.15) is 5.54 Å². The van der Waals surface area contributed by atoms with Crippen molar-refractivity contribution in [2.45, 2.75) is 25.2 Å². The average Bonchev–Trinajstić information content (AvgIpc) is 2.45. The molecule has 20 heavy (non-hydrogen) atoms. The summed E-state index contributed by atoms with van der Waals surface area (Å²) in [6, 6.07) is 17.0. The summed E-state index contributed by atoms with van der Waals surface area (Å²) < 4.78 is 40.3. The maximum absolute atomic E-state index is 13.4. The summed E-state index contributed by atoms with van der Waals surface area (Å²) in [5.74, 6) is 0. The number of halogens is 3. The molecule has 1 N–H and O–H groups in total. The lowest BCUT2D eigenvalue weighted by molar-refractivity contribution is -0.196. The highest BCUT2D eigenvalue weighted by Crippen LogP contribution is 2.38. The van der Waals surface area contributed by atoms with Crippen molar-refractivity contribution >= 4 is 0 Å². The van der Waals surface area contributed by atoms with Gasteiger partial charge in [-0.15, -0.1) is 0 Å². The van der Waals surface area contributed by atoms with Gasteiger partial charge in [0.25, 0.3) is 0 Å². The van der Waals surface area contributed by atoms with Crippen LogP contribution in [-0.4, -0.2) is 6.18 Å². The molecule has 0 fully saturated rings. The summed E-state index contributed by atoms with van der Waals surface area (Å²) >= 11 is 0. The lowest BCUT2D eigenvalue weighted by Gasteiger charge is -2.33. The minimum atomic E-state index is -4.37. The van der Waals surface area contributed by atoms with E-state index in [1.54, 1.807) is 30.3 Å². The first kappa shape index (κ1) is 14.6. The Bertz CT molecular complexity index is 537. The van der Waals surface area contributed by atoms with Crippen molar-refractivity contribution in [3.8, 4) is 0 Å². The standard InChI is InChI=1S/C16H16F3N/c1-15(16(17,18)19,14-10-6-3-7-11-14)20-12-13-8-4-2-5-9-13/h2-11,20H,12H2,1H3. The molecule has 0 radical (unpaired) electrons. The molecule has 0 bridgehead atoms. The zero-order valence-corrected chi connectivity index (χ0v) is 11.1. The van der Waals surface area contributed by atoms with E-state index in [0.717, 1.165) is 5.56 Å². The van der Waals surface area contributed by atoms with Crippen molar-refractivity contribution in [1.82, 2.24) is 5.32 Å². The van der Waals surface area contributed by atoms with Crippen LogP contribution in [0.3, 0.4) is 0 Å². The summed E-state index contributed by atoms with van der Waals surface area (Å²) in [5.41, 5.74) is -1.04. The van der Waals surface area contributed by atoms with Gasteiger partial charge in [-0.1, -0.05) is 60.7 Å². The molecule has 2 aromatic rings. The minimum absolute atomic E-state index is 0.158. The zero-order chi connectivity index (χ0) is 14.6. The minimum Gasteiger partial charge on any atom is -0.296 e. The molecule has 1 atom stereocenters. The van der Waals surface area contributed by atoms with Gasteiger partial charge in [0.05, 0.1) is 0 Å². The Morgan fingerprint density at radius 1 is 0.850 bits per heavy atom. The van der Waals surface area contributed by atoms with Gasteiger partial charge in [-0.25, -0.2) is 0 Å². The van der Waals surface area contributed by atoms with Crippen molar-refractivity contribution in [2.75, 3.05) is 0 Å². The summed E-state index contributed by atoms with van der Waals surface area (Å²) in [6.07, 6.45) is -4.37. The molecule has 0 aromatic heterocycles. The molecule has 0 spiro atoms. The van der Waals surface area contributed by atoms with Crippen LogP contribution in [0.2, 0.25) is 0 Å². The molecule has 0 heterocycles. The number of alkyl halides is 3. The molecular weight excluding hydrogens is 263 g/mol. The van der Waals surface area contributed by atoms with Gasteiger partial charge in [-0.2, -0.15) is 13.2 Å². The van der Waals surface area contributed by atoms with Gasteiger partial charge in [0.2, 0.25) is 0 Å². The predicted octanol–water partition coefficient (Wildman–Crippen LogP) is 4.25. The molecular formula is C16H16F3N. The molecule has 0 saturated heterocycles. The number of nitrogens with one attached hydrogen (secondary N) is 1. The van der Waals surface area contributed by atoms with Crippen molar-refractivity contribution in [3.63, 3.8) is 0 Å². The second-order valence-corrected chi connectivity index (χ2v) is 4.83. The first-order valence-electron chi connectivity index (χ1n) is 6.35. The Kier molecular flexibility index (Phi) is 4.14. The van der Waals surface area contributed by atoms with Crippen molar-refractivity contribution in [1.29, 1.82) is 0 Å². The molecule has 2 aromatic carbocycles. The number of benzene rings is 2. The van der Waals surface area contributed by atoms with Crippen LogP contribution >= 0.6 is 0 Å². The van der Waals surface area contributed by atoms with Gasteiger partial charge in [-0.3, -0.25) is 5.32 Å². The highest BCUT2D eigenvalue weighted by molar-refractivity contribution is 5.26. The van der Waals surface area contributed by atoms with Crippen LogP contribution in [0.25, 0.3) is 0 Å². The quantitative estimate of drug-likeness (QED) is 0.882. The topological polar surface area (TPSA) is 12.0 Å². The average molecular weight is 279 g/mol. The maximum atomic E-state index is 13.4. The lowest BCUT2D eigenvalue weighted by atomic mass is 9.91. The lowest BCUT2D eigenvalue weighted by Crippen LogP contribution is -2.51. The maximum Gasteiger partial charge on any atom is 0.410 e. The van der Waals surface area contributed by atoms with Gasteiger partial charge in [0.15, 0.2) is 0 Å². The molecule has 1 unspecified atom stereocenters. The number of rotatable bonds is 4. The van der Waals surface area contributed by atoms with Crippen LogP contribution in [0.15, 0.2) is 60.7 Å². The van der Waals surface area contributed by atoms with E-state index in [9.17, 15) is 13.2 Å². The summed E-state index contributed by atoms with van der Waals surface area (Å²) in [4.78, 5) is 0. The molecule has 0 aliphatic heterocycles.